The standard InChI is InChI=1S/C25H31N5O4/c1-16-12-29(20-8-7-18(10-26)22-19(20)6-5-9-27-22)15-21(33-16)23(31)30-13-17(14-30)11-28-24(32)34-25(2,3)4/h5-9,16-17,21H,11-15H2,1-4H3,(H,28,32)/t16-,21?/m1/s1. The third-order valence-electron chi connectivity index (χ3n) is 5.95. The van der Waals surface area contributed by atoms with Gasteiger partial charge in [0.1, 0.15) is 11.7 Å². The van der Waals surface area contributed by atoms with Gasteiger partial charge in [0.15, 0.2) is 6.10 Å². The smallest absolute Gasteiger partial charge is 0.407 e. The first-order valence-electron chi connectivity index (χ1n) is 11.6. The summed E-state index contributed by atoms with van der Waals surface area (Å²) in [5.41, 5.74) is 1.59. The zero-order chi connectivity index (χ0) is 24.5. The largest absolute Gasteiger partial charge is 0.444 e. The van der Waals surface area contributed by atoms with Crippen molar-refractivity contribution >= 4 is 28.6 Å². The number of ether oxygens (including phenoxy) is 2. The molecule has 4 rings (SSSR count). The second-order valence-corrected chi connectivity index (χ2v) is 9.98. The van der Waals surface area contributed by atoms with Crippen LogP contribution in [0.15, 0.2) is 30.5 Å². The number of nitrogens with zero attached hydrogens (tertiary/aromatic N) is 4. The van der Waals surface area contributed by atoms with Gasteiger partial charge in [-0.2, -0.15) is 5.26 Å². The van der Waals surface area contributed by atoms with E-state index in [0.29, 0.717) is 43.8 Å². The van der Waals surface area contributed by atoms with Crippen molar-refractivity contribution in [3.63, 3.8) is 0 Å². The summed E-state index contributed by atoms with van der Waals surface area (Å²) in [6, 6.07) is 9.70. The maximum atomic E-state index is 13.1. The Morgan fingerprint density at radius 2 is 2.00 bits per heavy atom. The average molecular weight is 466 g/mol. The van der Waals surface area contributed by atoms with Crippen LogP contribution in [0.5, 0.6) is 0 Å². The van der Waals surface area contributed by atoms with Crippen LogP contribution in [0, 0.1) is 17.2 Å². The molecule has 180 valence electrons. The molecule has 9 nitrogen and oxygen atoms in total. The van der Waals surface area contributed by atoms with Crippen molar-refractivity contribution in [2.45, 2.75) is 45.5 Å². The minimum Gasteiger partial charge on any atom is -0.444 e. The first kappa shape index (κ1) is 23.8. The number of carbonyl (C=O) groups excluding carboxylic acids is 2. The number of pyridine rings is 1. The number of morpholine rings is 1. The van der Waals surface area contributed by atoms with E-state index >= 15 is 0 Å². The highest BCUT2D eigenvalue weighted by Gasteiger charge is 2.39. The molecule has 0 radical (unpaired) electrons. The van der Waals surface area contributed by atoms with Gasteiger partial charge in [0.2, 0.25) is 0 Å². The Labute approximate surface area is 199 Å². The Kier molecular flexibility index (Phi) is 6.62. The Morgan fingerprint density at radius 3 is 2.71 bits per heavy atom. The molecule has 2 atom stereocenters. The number of alkyl carbamates (subject to hydrolysis) is 1. The lowest BCUT2D eigenvalue weighted by Crippen LogP contribution is -2.60. The second kappa shape index (κ2) is 9.47. The molecule has 2 aliphatic rings. The molecule has 2 amide bonds. The summed E-state index contributed by atoms with van der Waals surface area (Å²) >= 11 is 0. The summed E-state index contributed by atoms with van der Waals surface area (Å²) in [5, 5.41) is 13.1. The van der Waals surface area contributed by atoms with E-state index in [9.17, 15) is 14.9 Å². The van der Waals surface area contributed by atoms with Crippen LogP contribution in [0.4, 0.5) is 10.5 Å². The molecular formula is C25H31N5O4. The van der Waals surface area contributed by atoms with Crippen molar-refractivity contribution in [1.29, 1.82) is 5.26 Å². The van der Waals surface area contributed by atoms with Gasteiger partial charge in [0, 0.05) is 49.4 Å². The summed E-state index contributed by atoms with van der Waals surface area (Å²) in [6.45, 7) is 10.1. The molecule has 3 heterocycles. The molecule has 1 aromatic carbocycles. The lowest BCUT2D eigenvalue weighted by Gasteiger charge is -2.44. The predicted molar refractivity (Wildman–Crippen MR) is 127 cm³/mol. The van der Waals surface area contributed by atoms with Gasteiger partial charge in [-0.1, -0.05) is 0 Å². The molecule has 1 aromatic heterocycles. The Bertz CT molecular complexity index is 1120. The number of hydrogen-bond donors (Lipinski definition) is 1. The van der Waals surface area contributed by atoms with E-state index < -0.39 is 17.8 Å². The quantitative estimate of drug-likeness (QED) is 0.740. The Morgan fingerprint density at radius 1 is 1.24 bits per heavy atom. The summed E-state index contributed by atoms with van der Waals surface area (Å²) in [5.74, 6) is 0.156. The van der Waals surface area contributed by atoms with E-state index in [-0.39, 0.29) is 17.9 Å². The molecule has 0 aliphatic carbocycles. The van der Waals surface area contributed by atoms with Crippen molar-refractivity contribution < 1.29 is 19.1 Å². The van der Waals surface area contributed by atoms with E-state index in [2.05, 4.69) is 21.3 Å². The topological polar surface area (TPSA) is 108 Å². The highest BCUT2D eigenvalue weighted by Crippen LogP contribution is 2.31. The molecule has 0 bridgehead atoms. The minimum absolute atomic E-state index is 0.0406. The molecule has 34 heavy (non-hydrogen) atoms. The number of rotatable bonds is 4. The van der Waals surface area contributed by atoms with E-state index in [1.807, 2.05) is 45.9 Å². The van der Waals surface area contributed by atoms with Crippen molar-refractivity contribution in [3.8, 4) is 6.07 Å². The van der Waals surface area contributed by atoms with E-state index in [0.717, 1.165) is 11.1 Å². The zero-order valence-corrected chi connectivity index (χ0v) is 20.1. The van der Waals surface area contributed by atoms with Crippen LogP contribution < -0.4 is 10.2 Å². The highest BCUT2D eigenvalue weighted by atomic mass is 16.6. The summed E-state index contributed by atoms with van der Waals surface area (Å²) in [4.78, 5) is 33.3. The van der Waals surface area contributed by atoms with Crippen molar-refractivity contribution in [3.05, 3.63) is 36.0 Å². The van der Waals surface area contributed by atoms with Crippen molar-refractivity contribution in [1.82, 2.24) is 15.2 Å². The number of hydrogen-bond acceptors (Lipinski definition) is 7. The van der Waals surface area contributed by atoms with Crippen LogP contribution in [0.2, 0.25) is 0 Å². The molecule has 1 unspecified atom stereocenters. The number of carbonyl (C=O) groups is 2. The van der Waals surface area contributed by atoms with Crippen LogP contribution >= 0.6 is 0 Å². The second-order valence-electron chi connectivity index (χ2n) is 9.98. The van der Waals surface area contributed by atoms with Crippen LogP contribution in [0.25, 0.3) is 10.9 Å². The number of fused-ring (bicyclic) bond motifs is 1. The first-order chi connectivity index (χ1) is 16.1. The predicted octanol–water partition coefficient (Wildman–Crippen LogP) is 2.68. The van der Waals surface area contributed by atoms with Gasteiger partial charge in [-0.05, 0) is 52.0 Å². The van der Waals surface area contributed by atoms with Gasteiger partial charge < -0.3 is 24.6 Å². The van der Waals surface area contributed by atoms with Crippen molar-refractivity contribution in [2.75, 3.05) is 37.6 Å². The van der Waals surface area contributed by atoms with E-state index in [4.69, 9.17) is 9.47 Å². The fourth-order valence-electron chi connectivity index (χ4n) is 4.43. The lowest BCUT2D eigenvalue weighted by atomic mass is 9.98. The third kappa shape index (κ3) is 5.23. The Balaban J connectivity index is 1.37. The van der Waals surface area contributed by atoms with Gasteiger partial charge in [0.05, 0.1) is 23.7 Å². The van der Waals surface area contributed by atoms with Gasteiger partial charge in [0.25, 0.3) is 5.91 Å². The lowest BCUT2D eigenvalue weighted by molar-refractivity contribution is -0.154. The van der Waals surface area contributed by atoms with E-state index in [1.54, 1.807) is 17.2 Å². The van der Waals surface area contributed by atoms with Gasteiger partial charge in [-0.15, -0.1) is 0 Å². The van der Waals surface area contributed by atoms with Crippen LogP contribution in [-0.4, -0.2) is 72.4 Å². The average Bonchev–Trinajstić information content (AvgIpc) is 2.75. The molecule has 2 fully saturated rings. The van der Waals surface area contributed by atoms with Crippen LogP contribution in [-0.2, 0) is 14.3 Å². The van der Waals surface area contributed by atoms with Gasteiger partial charge >= 0.3 is 6.09 Å². The number of benzene rings is 1. The molecule has 2 aromatic rings. The summed E-state index contributed by atoms with van der Waals surface area (Å²) < 4.78 is 11.3. The zero-order valence-electron chi connectivity index (χ0n) is 20.1. The number of anilines is 1. The van der Waals surface area contributed by atoms with Crippen LogP contribution in [0.3, 0.4) is 0 Å². The molecule has 2 aliphatic heterocycles. The highest BCUT2D eigenvalue weighted by molar-refractivity contribution is 5.95. The number of nitriles is 1. The van der Waals surface area contributed by atoms with Gasteiger partial charge in [-0.25, -0.2) is 4.79 Å². The number of amides is 2. The SMILES string of the molecule is C[C@@H]1CN(c2ccc(C#N)c3ncccc23)CC(C(=O)N2CC(CNC(=O)OC(C)(C)C)C2)O1. The molecule has 0 saturated carbocycles. The monoisotopic (exact) mass is 465 g/mol. The number of likely N-dealkylation sites (tertiary alicyclic amines) is 1. The molecule has 1 N–H and O–H groups in total. The third-order valence-corrected chi connectivity index (χ3v) is 5.95. The fourth-order valence-corrected chi connectivity index (χ4v) is 4.43. The molecule has 0 spiro atoms. The fraction of sp³-hybridized carbons (Fsp3) is 0.520. The first-order valence-corrected chi connectivity index (χ1v) is 11.6. The summed E-state index contributed by atoms with van der Waals surface area (Å²) in [7, 11) is 0. The van der Waals surface area contributed by atoms with Crippen molar-refractivity contribution in [2.24, 2.45) is 5.92 Å². The normalized spacial score (nSPS) is 21.0. The van der Waals surface area contributed by atoms with Crippen LogP contribution in [0.1, 0.15) is 33.3 Å². The number of aromatic nitrogens is 1. The van der Waals surface area contributed by atoms with Gasteiger partial charge in [-0.3, -0.25) is 9.78 Å². The molecule has 2 saturated heterocycles. The maximum absolute atomic E-state index is 13.1. The maximum Gasteiger partial charge on any atom is 0.407 e. The number of nitrogens with one attached hydrogen (secondary N) is 1. The molecule has 9 heteroatoms. The summed E-state index contributed by atoms with van der Waals surface area (Å²) in [6.07, 6.45) is 0.530. The Hall–Kier alpha value is -3.38. The van der Waals surface area contributed by atoms with E-state index in [1.165, 1.54) is 0 Å². The molecular weight excluding hydrogens is 434 g/mol. The minimum atomic E-state index is -0.578.